The number of benzene rings is 1. The average molecular weight is 287 g/mol. The van der Waals surface area contributed by atoms with Gasteiger partial charge in [0, 0.05) is 11.3 Å². The molecule has 20 heavy (non-hydrogen) atoms. The van der Waals surface area contributed by atoms with E-state index in [1.54, 1.807) is 11.8 Å². The molecule has 0 aliphatic carbocycles. The van der Waals surface area contributed by atoms with E-state index in [1.165, 1.54) is 11.1 Å². The largest absolute Gasteiger partial charge is 0.308 e. The fourth-order valence-corrected chi connectivity index (χ4v) is 3.65. The van der Waals surface area contributed by atoms with Crippen LogP contribution in [-0.2, 0) is 11.2 Å². The third kappa shape index (κ3) is 2.33. The number of carbonyl (C=O) groups is 1. The van der Waals surface area contributed by atoms with E-state index in [9.17, 15) is 4.79 Å². The molecule has 1 amide bonds. The minimum atomic E-state index is 0.00966. The second-order valence-corrected chi connectivity index (χ2v) is 6.04. The predicted molar refractivity (Wildman–Crippen MR) is 82.1 cm³/mol. The summed E-state index contributed by atoms with van der Waals surface area (Å²) < 4.78 is 0. The molecule has 0 unspecified atom stereocenters. The van der Waals surface area contributed by atoms with Gasteiger partial charge < -0.3 is 5.32 Å². The van der Waals surface area contributed by atoms with Gasteiger partial charge in [0.2, 0.25) is 5.91 Å². The van der Waals surface area contributed by atoms with Crippen LogP contribution in [0.15, 0.2) is 24.3 Å². The molecule has 2 aromatic rings. The van der Waals surface area contributed by atoms with Crippen molar-refractivity contribution in [3.8, 4) is 0 Å². The second-order valence-electron chi connectivity index (χ2n) is 4.95. The van der Waals surface area contributed by atoms with Crippen molar-refractivity contribution in [3.05, 3.63) is 46.6 Å². The smallest absolute Gasteiger partial charge is 0.235 e. The molecule has 0 spiro atoms. The second kappa shape index (κ2) is 5.32. The Bertz CT molecular complexity index is 633. The number of hydrogen-bond acceptors (Lipinski definition) is 3. The van der Waals surface area contributed by atoms with Crippen LogP contribution < -0.4 is 5.32 Å². The van der Waals surface area contributed by atoms with Gasteiger partial charge in [-0.2, -0.15) is 5.10 Å². The highest BCUT2D eigenvalue weighted by molar-refractivity contribution is 8.00. The Balaban J connectivity index is 2.03. The molecule has 1 atom stereocenters. The van der Waals surface area contributed by atoms with Gasteiger partial charge in [-0.1, -0.05) is 31.2 Å². The van der Waals surface area contributed by atoms with Gasteiger partial charge in [0.15, 0.2) is 5.82 Å². The lowest BCUT2D eigenvalue weighted by atomic mass is 10.0. The molecule has 104 valence electrons. The highest BCUT2D eigenvalue weighted by Gasteiger charge is 2.27. The van der Waals surface area contributed by atoms with Crippen molar-refractivity contribution in [1.82, 2.24) is 10.2 Å². The first-order valence-corrected chi connectivity index (χ1v) is 7.79. The molecule has 0 bridgehead atoms. The fourth-order valence-electron chi connectivity index (χ4n) is 2.46. The Labute approximate surface area is 122 Å². The number of nitrogens with one attached hydrogen (secondary N) is 2. The Morgan fingerprint density at radius 1 is 1.35 bits per heavy atom. The molecule has 1 aromatic heterocycles. The van der Waals surface area contributed by atoms with Crippen molar-refractivity contribution in [2.75, 3.05) is 11.1 Å². The molecule has 1 aromatic carbocycles. The molecule has 1 aliphatic heterocycles. The summed E-state index contributed by atoms with van der Waals surface area (Å²) in [6.07, 6.45) is 1.04. The van der Waals surface area contributed by atoms with Crippen LogP contribution in [0.5, 0.6) is 0 Å². The van der Waals surface area contributed by atoms with Gasteiger partial charge in [-0.3, -0.25) is 9.89 Å². The summed E-state index contributed by atoms with van der Waals surface area (Å²) >= 11 is 1.65. The number of H-pyrrole nitrogens is 1. The van der Waals surface area contributed by atoms with Gasteiger partial charge in [0.05, 0.1) is 11.0 Å². The number of carbonyl (C=O) groups excluding carboxylic acids is 1. The SMILES string of the molecule is CCc1ccc([C@H]2SCC(=O)Nc3n[nH]c(C)c32)cc1. The number of anilines is 1. The number of rotatable bonds is 2. The summed E-state index contributed by atoms with van der Waals surface area (Å²) in [4.78, 5) is 11.7. The quantitative estimate of drug-likeness (QED) is 0.892. The standard InChI is InChI=1S/C15H17N3OS/c1-3-10-4-6-11(7-5-10)14-13-9(2)17-18-15(13)16-12(19)8-20-14/h4-7,14H,3,8H2,1-2H3,(H2,16,17,18,19)/t14-/m1/s1. The normalized spacial score (nSPS) is 18.3. The lowest BCUT2D eigenvalue weighted by Crippen LogP contribution is -2.12. The molecule has 2 N–H and O–H groups in total. The van der Waals surface area contributed by atoms with Crippen molar-refractivity contribution in [3.63, 3.8) is 0 Å². The third-order valence-corrected chi connectivity index (χ3v) is 4.86. The monoisotopic (exact) mass is 287 g/mol. The van der Waals surface area contributed by atoms with Gasteiger partial charge in [-0.25, -0.2) is 0 Å². The zero-order valence-electron chi connectivity index (χ0n) is 11.6. The molecule has 0 saturated heterocycles. The number of amides is 1. The van der Waals surface area contributed by atoms with Crippen molar-refractivity contribution in [2.24, 2.45) is 0 Å². The van der Waals surface area contributed by atoms with Crippen LogP contribution in [0, 0.1) is 6.92 Å². The first-order valence-electron chi connectivity index (χ1n) is 6.74. The van der Waals surface area contributed by atoms with E-state index in [0.29, 0.717) is 11.6 Å². The Kier molecular flexibility index (Phi) is 3.53. The van der Waals surface area contributed by atoms with Crippen LogP contribution in [0.1, 0.15) is 34.6 Å². The number of aromatic amines is 1. The lowest BCUT2D eigenvalue weighted by molar-refractivity contribution is -0.113. The minimum absolute atomic E-state index is 0.00966. The van der Waals surface area contributed by atoms with Crippen molar-refractivity contribution in [1.29, 1.82) is 0 Å². The van der Waals surface area contributed by atoms with Crippen LogP contribution in [-0.4, -0.2) is 21.9 Å². The van der Waals surface area contributed by atoms with Gasteiger partial charge in [-0.05, 0) is 24.5 Å². The number of nitrogens with zero attached hydrogens (tertiary/aromatic N) is 1. The number of hydrogen-bond donors (Lipinski definition) is 2. The molecule has 0 saturated carbocycles. The van der Waals surface area contributed by atoms with Gasteiger partial charge in [-0.15, -0.1) is 11.8 Å². The topological polar surface area (TPSA) is 57.8 Å². The minimum Gasteiger partial charge on any atom is -0.308 e. The first-order chi connectivity index (χ1) is 9.69. The Morgan fingerprint density at radius 3 is 2.80 bits per heavy atom. The van der Waals surface area contributed by atoms with Gasteiger partial charge in [0.1, 0.15) is 0 Å². The van der Waals surface area contributed by atoms with E-state index >= 15 is 0 Å². The molecule has 4 nitrogen and oxygen atoms in total. The number of thioether (sulfide) groups is 1. The van der Waals surface area contributed by atoms with Crippen molar-refractivity contribution < 1.29 is 4.79 Å². The molecular weight excluding hydrogens is 270 g/mol. The summed E-state index contributed by atoms with van der Waals surface area (Å²) in [7, 11) is 0. The maximum Gasteiger partial charge on any atom is 0.235 e. The summed E-state index contributed by atoms with van der Waals surface area (Å²) in [6, 6.07) is 8.63. The highest BCUT2D eigenvalue weighted by atomic mass is 32.2. The molecule has 2 heterocycles. The summed E-state index contributed by atoms with van der Waals surface area (Å²) in [5.41, 5.74) is 4.64. The number of aryl methyl sites for hydroxylation is 2. The molecule has 0 radical (unpaired) electrons. The Morgan fingerprint density at radius 2 is 2.10 bits per heavy atom. The molecule has 1 aliphatic rings. The van der Waals surface area contributed by atoms with Crippen LogP contribution in [0.3, 0.4) is 0 Å². The third-order valence-electron chi connectivity index (χ3n) is 3.59. The summed E-state index contributed by atoms with van der Waals surface area (Å²) in [5.74, 6) is 1.13. The van der Waals surface area contributed by atoms with E-state index in [1.807, 2.05) is 6.92 Å². The average Bonchev–Trinajstić information content (AvgIpc) is 2.72. The van der Waals surface area contributed by atoms with E-state index in [-0.39, 0.29) is 11.2 Å². The maximum atomic E-state index is 11.7. The molecule has 0 fully saturated rings. The fraction of sp³-hybridized carbons (Fsp3) is 0.333. The Hall–Kier alpha value is -1.75. The lowest BCUT2D eigenvalue weighted by Gasteiger charge is -2.15. The van der Waals surface area contributed by atoms with Crippen LogP contribution in [0.25, 0.3) is 0 Å². The van der Waals surface area contributed by atoms with Crippen molar-refractivity contribution in [2.45, 2.75) is 25.5 Å². The first kappa shape index (κ1) is 13.2. The van der Waals surface area contributed by atoms with E-state index in [4.69, 9.17) is 0 Å². The summed E-state index contributed by atoms with van der Waals surface area (Å²) in [6.45, 7) is 4.15. The number of fused-ring (bicyclic) bond motifs is 1. The van der Waals surface area contributed by atoms with Gasteiger partial charge >= 0.3 is 0 Å². The van der Waals surface area contributed by atoms with Gasteiger partial charge in [0.25, 0.3) is 0 Å². The zero-order chi connectivity index (χ0) is 14.1. The van der Waals surface area contributed by atoms with Crippen LogP contribution >= 0.6 is 11.8 Å². The molecule has 5 heteroatoms. The van der Waals surface area contributed by atoms with Crippen LogP contribution in [0.2, 0.25) is 0 Å². The van der Waals surface area contributed by atoms with E-state index in [2.05, 4.69) is 46.7 Å². The number of aromatic nitrogens is 2. The highest BCUT2D eigenvalue weighted by Crippen LogP contribution is 2.42. The molecule has 3 rings (SSSR count). The predicted octanol–water partition coefficient (Wildman–Crippen LogP) is 3.06. The van der Waals surface area contributed by atoms with E-state index in [0.717, 1.165) is 17.7 Å². The summed E-state index contributed by atoms with van der Waals surface area (Å²) in [5, 5.41) is 10.2. The molecular formula is C15H17N3OS. The van der Waals surface area contributed by atoms with Crippen molar-refractivity contribution >= 4 is 23.5 Å². The van der Waals surface area contributed by atoms with E-state index < -0.39 is 0 Å². The zero-order valence-corrected chi connectivity index (χ0v) is 12.4. The van der Waals surface area contributed by atoms with Crippen LogP contribution in [0.4, 0.5) is 5.82 Å². The maximum absolute atomic E-state index is 11.7.